The molecule has 26 heavy (non-hydrogen) atoms. The Morgan fingerprint density at radius 2 is 1.85 bits per heavy atom. The molecule has 1 atom stereocenters. The predicted molar refractivity (Wildman–Crippen MR) is 105 cm³/mol. The van der Waals surface area contributed by atoms with E-state index in [1.54, 1.807) is 7.11 Å². The lowest BCUT2D eigenvalue weighted by Crippen LogP contribution is -2.19. The number of anilines is 1. The van der Waals surface area contributed by atoms with Gasteiger partial charge in [0, 0.05) is 12.4 Å². The van der Waals surface area contributed by atoms with Crippen LogP contribution in [0.5, 0.6) is 5.75 Å². The third-order valence-corrected chi connectivity index (χ3v) is 4.58. The summed E-state index contributed by atoms with van der Waals surface area (Å²) >= 11 is 6.23. The molecule has 0 aliphatic carbocycles. The normalized spacial score (nSPS) is 11.8. The number of nitrogens with zero attached hydrogens (tertiary/aromatic N) is 1. The lowest BCUT2D eigenvalue weighted by Gasteiger charge is -2.20. The van der Waals surface area contributed by atoms with E-state index >= 15 is 0 Å². The fraction of sp³-hybridized carbons (Fsp3) is 0.190. The standard InChI is InChI=1S/C21H21ClN2O2/c1-15-5-10-19(18(22)13-15)23-21(25)14-20(24-11-3-4-12-24)16-6-8-17(26-2)9-7-16/h3-13,20H,14H2,1-2H3,(H,23,25)/t20-/m0/s1. The lowest BCUT2D eigenvalue weighted by molar-refractivity contribution is -0.116. The number of carbonyl (C=O) groups is 1. The van der Waals surface area contributed by atoms with Crippen molar-refractivity contribution in [2.24, 2.45) is 0 Å². The molecule has 4 nitrogen and oxygen atoms in total. The van der Waals surface area contributed by atoms with Crippen molar-refractivity contribution in [2.75, 3.05) is 12.4 Å². The monoisotopic (exact) mass is 368 g/mol. The Bertz CT molecular complexity index is 874. The summed E-state index contributed by atoms with van der Waals surface area (Å²) in [4.78, 5) is 12.6. The molecule has 0 radical (unpaired) electrons. The number of hydrogen-bond donors (Lipinski definition) is 1. The summed E-state index contributed by atoms with van der Waals surface area (Å²) in [5.41, 5.74) is 2.71. The minimum absolute atomic E-state index is 0.0923. The molecule has 1 N–H and O–H groups in total. The SMILES string of the molecule is COc1ccc([C@H](CC(=O)Nc2ccc(C)cc2Cl)n2cccc2)cc1. The molecule has 2 aromatic carbocycles. The summed E-state index contributed by atoms with van der Waals surface area (Å²) in [5.74, 6) is 0.696. The quantitative estimate of drug-likeness (QED) is 0.659. The van der Waals surface area contributed by atoms with Crippen molar-refractivity contribution in [3.05, 3.63) is 83.1 Å². The van der Waals surface area contributed by atoms with Gasteiger partial charge in [0.1, 0.15) is 5.75 Å². The summed E-state index contributed by atoms with van der Waals surface area (Å²) in [6.45, 7) is 1.96. The number of benzene rings is 2. The number of halogens is 1. The number of rotatable bonds is 6. The molecule has 3 aromatic rings. The number of methoxy groups -OCH3 is 1. The van der Waals surface area contributed by atoms with Gasteiger partial charge >= 0.3 is 0 Å². The Balaban J connectivity index is 1.80. The molecule has 5 heteroatoms. The highest BCUT2D eigenvalue weighted by Crippen LogP contribution is 2.27. The highest BCUT2D eigenvalue weighted by molar-refractivity contribution is 6.33. The number of aromatic nitrogens is 1. The Morgan fingerprint density at radius 1 is 1.15 bits per heavy atom. The highest BCUT2D eigenvalue weighted by Gasteiger charge is 2.18. The molecule has 1 heterocycles. The van der Waals surface area contributed by atoms with Crippen LogP contribution in [0.25, 0.3) is 0 Å². The summed E-state index contributed by atoms with van der Waals surface area (Å²) in [7, 11) is 1.64. The molecule has 1 amide bonds. The summed E-state index contributed by atoms with van der Waals surface area (Å²) in [6, 6.07) is 17.1. The van der Waals surface area contributed by atoms with E-state index < -0.39 is 0 Å². The van der Waals surface area contributed by atoms with Crippen LogP contribution in [0.3, 0.4) is 0 Å². The average molecular weight is 369 g/mol. The van der Waals surface area contributed by atoms with E-state index in [0.29, 0.717) is 17.1 Å². The van der Waals surface area contributed by atoms with Gasteiger partial charge < -0.3 is 14.6 Å². The number of aryl methyl sites for hydroxylation is 1. The fourth-order valence-corrected chi connectivity index (χ4v) is 3.16. The third-order valence-electron chi connectivity index (χ3n) is 4.27. The molecule has 0 bridgehead atoms. The van der Waals surface area contributed by atoms with Gasteiger partial charge in [-0.3, -0.25) is 4.79 Å². The van der Waals surface area contributed by atoms with E-state index in [0.717, 1.165) is 16.9 Å². The molecule has 1 aromatic heterocycles. The van der Waals surface area contributed by atoms with Gasteiger partial charge in [0.2, 0.25) is 5.91 Å². The second kappa shape index (κ2) is 8.11. The maximum absolute atomic E-state index is 12.6. The highest BCUT2D eigenvalue weighted by atomic mass is 35.5. The summed E-state index contributed by atoms with van der Waals surface area (Å²) < 4.78 is 7.25. The lowest BCUT2D eigenvalue weighted by atomic mass is 10.0. The van der Waals surface area contributed by atoms with Crippen LogP contribution in [0, 0.1) is 6.92 Å². The smallest absolute Gasteiger partial charge is 0.226 e. The van der Waals surface area contributed by atoms with Crippen molar-refractivity contribution in [3.63, 3.8) is 0 Å². The van der Waals surface area contributed by atoms with Crippen molar-refractivity contribution in [1.82, 2.24) is 4.57 Å². The van der Waals surface area contributed by atoms with Gasteiger partial charge in [0.05, 0.1) is 30.3 Å². The van der Waals surface area contributed by atoms with E-state index in [1.165, 1.54) is 0 Å². The molecule has 0 unspecified atom stereocenters. The van der Waals surface area contributed by atoms with Crippen molar-refractivity contribution in [2.45, 2.75) is 19.4 Å². The zero-order valence-electron chi connectivity index (χ0n) is 14.8. The van der Waals surface area contributed by atoms with Crippen LogP contribution >= 0.6 is 11.6 Å². The Kier molecular flexibility index (Phi) is 5.64. The van der Waals surface area contributed by atoms with Crippen LogP contribution in [0.4, 0.5) is 5.69 Å². The van der Waals surface area contributed by atoms with Crippen molar-refractivity contribution < 1.29 is 9.53 Å². The van der Waals surface area contributed by atoms with Gasteiger partial charge in [-0.2, -0.15) is 0 Å². The maximum Gasteiger partial charge on any atom is 0.226 e. The first kappa shape index (κ1) is 18.1. The minimum atomic E-state index is -0.111. The second-order valence-electron chi connectivity index (χ2n) is 6.15. The molecule has 0 aliphatic heterocycles. The molecule has 0 saturated heterocycles. The van der Waals surface area contributed by atoms with Crippen LogP contribution in [0.2, 0.25) is 5.02 Å². The molecule has 0 fully saturated rings. The van der Waals surface area contributed by atoms with Gasteiger partial charge in [0.25, 0.3) is 0 Å². The minimum Gasteiger partial charge on any atom is -0.497 e. The topological polar surface area (TPSA) is 43.3 Å². The second-order valence-corrected chi connectivity index (χ2v) is 6.56. The average Bonchev–Trinajstić information content (AvgIpc) is 3.17. The number of carbonyl (C=O) groups excluding carboxylic acids is 1. The molecule has 0 saturated carbocycles. The van der Waals surface area contributed by atoms with E-state index in [9.17, 15) is 4.79 Å². The number of nitrogens with one attached hydrogen (secondary N) is 1. The van der Waals surface area contributed by atoms with Gasteiger partial charge in [-0.15, -0.1) is 0 Å². The molecule has 0 spiro atoms. The van der Waals surface area contributed by atoms with Gasteiger partial charge in [-0.1, -0.05) is 29.8 Å². The Labute approximate surface area is 158 Å². The fourth-order valence-electron chi connectivity index (χ4n) is 2.88. The third kappa shape index (κ3) is 4.27. The molecule has 134 valence electrons. The predicted octanol–water partition coefficient (Wildman–Crippen LogP) is 5.08. The van der Waals surface area contributed by atoms with Gasteiger partial charge in [0.15, 0.2) is 0 Å². The zero-order valence-corrected chi connectivity index (χ0v) is 15.5. The van der Waals surface area contributed by atoms with E-state index in [1.807, 2.05) is 78.5 Å². The first-order valence-corrected chi connectivity index (χ1v) is 8.77. The number of hydrogen-bond acceptors (Lipinski definition) is 2. The molecule has 3 rings (SSSR count). The van der Waals surface area contributed by atoms with E-state index in [2.05, 4.69) is 5.32 Å². The number of amides is 1. The van der Waals surface area contributed by atoms with E-state index in [-0.39, 0.29) is 11.9 Å². The first-order valence-electron chi connectivity index (χ1n) is 8.39. The van der Waals surface area contributed by atoms with Gasteiger partial charge in [-0.05, 0) is 54.4 Å². The largest absolute Gasteiger partial charge is 0.497 e. The van der Waals surface area contributed by atoms with Crippen molar-refractivity contribution in [3.8, 4) is 5.75 Å². The zero-order chi connectivity index (χ0) is 18.5. The van der Waals surface area contributed by atoms with Gasteiger partial charge in [-0.25, -0.2) is 0 Å². The molecular formula is C21H21ClN2O2. The van der Waals surface area contributed by atoms with Crippen LogP contribution in [0.1, 0.15) is 23.6 Å². The van der Waals surface area contributed by atoms with Crippen LogP contribution in [0.15, 0.2) is 67.0 Å². The summed E-state index contributed by atoms with van der Waals surface area (Å²) in [5, 5.41) is 3.46. The van der Waals surface area contributed by atoms with Crippen molar-refractivity contribution >= 4 is 23.2 Å². The summed E-state index contributed by atoms with van der Waals surface area (Å²) in [6.07, 6.45) is 4.22. The Hall–Kier alpha value is -2.72. The maximum atomic E-state index is 12.6. The first-order chi connectivity index (χ1) is 12.6. The molecule has 0 aliphatic rings. The van der Waals surface area contributed by atoms with Crippen LogP contribution in [-0.2, 0) is 4.79 Å². The van der Waals surface area contributed by atoms with Crippen LogP contribution in [-0.4, -0.2) is 17.6 Å². The van der Waals surface area contributed by atoms with Crippen LogP contribution < -0.4 is 10.1 Å². The molecular weight excluding hydrogens is 348 g/mol. The van der Waals surface area contributed by atoms with Crippen molar-refractivity contribution in [1.29, 1.82) is 0 Å². The van der Waals surface area contributed by atoms with E-state index in [4.69, 9.17) is 16.3 Å². The Morgan fingerprint density at radius 3 is 2.46 bits per heavy atom. The number of ether oxygens (including phenoxy) is 1.